The molecule has 1 N–H and O–H groups in total. The number of likely N-dealkylation sites (tertiary alicyclic amines) is 1. The summed E-state index contributed by atoms with van der Waals surface area (Å²) < 4.78 is 0.235. The summed E-state index contributed by atoms with van der Waals surface area (Å²) in [4.78, 5) is 11.8. The molecule has 0 spiro atoms. The first-order chi connectivity index (χ1) is 7.36. The highest BCUT2D eigenvalue weighted by atomic mass is 79.9. The number of piperidine rings is 1. The number of amides is 1. The zero-order chi connectivity index (χ0) is 12.4. The molecule has 2 atom stereocenters. The van der Waals surface area contributed by atoms with Crippen molar-refractivity contribution < 1.29 is 14.4 Å². The second kappa shape index (κ2) is 5.05. The van der Waals surface area contributed by atoms with Gasteiger partial charge in [-0.1, -0.05) is 15.9 Å². The van der Waals surface area contributed by atoms with Crippen LogP contribution in [-0.4, -0.2) is 39.1 Å². The smallest absolute Gasteiger partial charge is 0.435 e. The maximum atomic E-state index is 11.8. The third kappa shape index (κ3) is 2.28. The molecule has 1 fully saturated rings. The molecule has 16 heavy (non-hydrogen) atoms. The second-order valence-electron chi connectivity index (χ2n) is 5.67. The van der Waals surface area contributed by atoms with Crippen molar-refractivity contribution in [3.05, 3.63) is 0 Å². The summed E-state index contributed by atoms with van der Waals surface area (Å²) in [6.07, 6.45) is 3.53. The molecule has 94 valence electrons. The van der Waals surface area contributed by atoms with Crippen LogP contribution in [0, 0.1) is 0 Å². The summed E-state index contributed by atoms with van der Waals surface area (Å²) in [6.45, 7) is 6.92. The highest BCUT2D eigenvalue weighted by molar-refractivity contribution is 9.09. The van der Waals surface area contributed by atoms with Crippen LogP contribution in [0.15, 0.2) is 0 Å². The number of halogens is 1. The van der Waals surface area contributed by atoms with Crippen LogP contribution in [0.2, 0.25) is 0 Å². The predicted octanol–water partition coefficient (Wildman–Crippen LogP) is 3.62. The monoisotopic (exact) mass is 292 g/mol. The molecule has 1 unspecified atom stereocenters. The number of hydrogen-bond acceptors (Lipinski definition) is 1. The fourth-order valence-electron chi connectivity index (χ4n) is 3.06. The van der Waals surface area contributed by atoms with Gasteiger partial charge in [-0.3, -0.25) is 0 Å². The average molecular weight is 293 g/mol. The molecule has 1 amide bonds. The summed E-state index contributed by atoms with van der Waals surface area (Å²) in [5.74, 6) is 0. The van der Waals surface area contributed by atoms with Gasteiger partial charge in [0.15, 0.2) is 0 Å². The third-order valence-corrected chi connectivity index (χ3v) is 4.36. The Morgan fingerprint density at radius 2 is 2.06 bits per heavy atom. The van der Waals surface area contributed by atoms with Gasteiger partial charge in [-0.15, -0.1) is 0 Å². The Morgan fingerprint density at radius 1 is 1.44 bits per heavy atom. The lowest BCUT2D eigenvalue weighted by atomic mass is 9.89. The minimum absolute atomic E-state index is 0.223. The first-order valence-electron chi connectivity index (χ1n) is 6.03. The summed E-state index contributed by atoms with van der Waals surface area (Å²) in [5.41, 5.74) is -0.223. The quantitative estimate of drug-likeness (QED) is 0.623. The third-order valence-electron chi connectivity index (χ3n) is 3.90. The van der Waals surface area contributed by atoms with E-state index in [1.807, 2.05) is 20.8 Å². The molecule has 0 radical (unpaired) electrons. The van der Waals surface area contributed by atoms with Gasteiger partial charge in [-0.05, 0) is 33.6 Å². The lowest BCUT2D eigenvalue weighted by molar-refractivity contribution is -0.931. The van der Waals surface area contributed by atoms with Crippen LogP contribution < -0.4 is 0 Å². The summed E-state index contributed by atoms with van der Waals surface area (Å²) >= 11 is 3.45. The molecule has 1 aliphatic rings. The van der Waals surface area contributed by atoms with Crippen molar-refractivity contribution in [3.63, 3.8) is 0 Å². The number of hydrogen-bond donors (Lipinski definition) is 1. The standard InChI is InChI=1S/C12H22BrNO2/c1-12(2,3)14(11(15)16)9-5-4-6-10(14)7-8-13/h10H,4-9H2,1-3H3/p+1/t10-,14?/m0/s1. The zero-order valence-electron chi connectivity index (χ0n) is 10.5. The topological polar surface area (TPSA) is 37.3 Å². The van der Waals surface area contributed by atoms with Gasteiger partial charge in [0.25, 0.3) is 0 Å². The van der Waals surface area contributed by atoms with E-state index < -0.39 is 6.09 Å². The summed E-state index contributed by atoms with van der Waals surface area (Å²) in [7, 11) is 0. The van der Waals surface area contributed by atoms with Gasteiger partial charge in [0, 0.05) is 18.2 Å². The van der Waals surface area contributed by atoms with Crippen molar-refractivity contribution in [2.75, 3.05) is 11.9 Å². The fourth-order valence-corrected chi connectivity index (χ4v) is 3.59. The lowest BCUT2D eigenvalue weighted by Gasteiger charge is -2.51. The van der Waals surface area contributed by atoms with Gasteiger partial charge < -0.3 is 5.11 Å². The molecule has 4 heteroatoms. The number of carboxylic acid groups (broad SMARTS) is 1. The molecule has 1 aliphatic heterocycles. The number of rotatable bonds is 2. The van der Waals surface area contributed by atoms with Crippen LogP contribution in [0.3, 0.4) is 0 Å². The van der Waals surface area contributed by atoms with Gasteiger partial charge >= 0.3 is 6.09 Å². The minimum Gasteiger partial charge on any atom is -0.435 e. The van der Waals surface area contributed by atoms with Crippen molar-refractivity contribution in [1.29, 1.82) is 0 Å². The van der Waals surface area contributed by atoms with Gasteiger partial charge in [0.1, 0.15) is 11.6 Å². The maximum absolute atomic E-state index is 11.8. The Kier molecular flexibility index (Phi) is 4.41. The number of nitrogens with zero attached hydrogens (tertiary/aromatic N) is 1. The fraction of sp³-hybridized carbons (Fsp3) is 0.917. The van der Waals surface area contributed by atoms with Crippen molar-refractivity contribution in [2.45, 2.75) is 58.0 Å². The summed E-state index contributed by atoms with van der Waals surface area (Å²) in [5, 5.41) is 10.6. The van der Waals surface area contributed by atoms with Crippen molar-refractivity contribution in [3.8, 4) is 0 Å². The normalized spacial score (nSPS) is 31.4. The van der Waals surface area contributed by atoms with Crippen LogP contribution in [0.1, 0.15) is 46.5 Å². The van der Waals surface area contributed by atoms with Crippen LogP contribution >= 0.6 is 15.9 Å². The van der Waals surface area contributed by atoms with Crippen molar-refractivity contribution >= 4 is 22.0 Å². The van der Waals surface area contributed by atoms with Gasteiger partial charge in [0.05, 0.1) is 6.54 Å². The minimum atomic E-state index is -0.654. The highest BCUT2D eigenvalue weighted by Gasteiger charge is 2.53. The van der Waals surface area contributed by atoms with E-state index in [0.29, 0.717) is 0 Å². The molecule has 0 aromatic rings. The molecular weight excluding hydrogens is 270 g/mol. The van der Waals surface area contributed by atoms with E-state index in [4.69, 9.17) is 0 Å². The van der Waals surface area contributed by atoms with E-state index >= 15 is 0 Å². The molecule has 1 saturated heterocycles. The number of quaternary nitrogens is 1. The zero-order valence-corrected chi connectivity index (χ0v) is 12.1. The SMILES string of the molecule is CC(C)(C)[N+]1(C(=O)O)CCCC[C@H]1CCBr. The van der Waals surface area contributed by atoms with Crippen LogP contribution in [-0.2, 0) is 0 Å². The Labute approximate surface area is 107 Å². The van der Waals surface area contributed by atoms with E-state index in [9.17, 15) is 9.90 Å². The molecule has 0 aliphatic carbocycles. The van der Waals surface area contributed by atoms with E-state index in [2.05, 4.69) is 15.9 Å². The van der Waals surface area contributed by atoms with Gasteiger partial charge in [-0.25, -0.2) is 4.48 Å². The van der Waals surface area contributed by atoms with E-state index in [0.717, 1.165) is 31.1 Å². The Bertz CT molecular complexity index is 260. The van der Waals surface area contributed by atoms with Crippen LogP contribution in [0.25, 0.3) is 0 Å². The molecule has 0 saturated carbocycles. The second-order valence-corrected chi connectivity index (χ2v) is 6.47. The first-order valence-corrected chi connectivity index (χ1v) is 7.15. The first kappa shape index (κ1) is 14.0. The Hall–Kier alpha value is -0.0900. The molecular formula is C12H23BrNO2+. The molecule has 1 rings (SSSR count). The van der Waals surface area contributed by atoms with Gasteiger partial charge in [-0.2, -0.15) is 4.79 Å². The molecule has 0 aromatic heterocycles. The van der Waals surface area contributed by atoms with E-state index in [1.54, 1.807) is 0 Å². The number of alkyl halides is 1. The van der Waals surface area contributed by atoms with E-state index in [-0.39, 0.29) is 16.1 Å². The molecule has 0 aromatic carbocycles. The predicted molar refractivity (Wildman–Crippen MR) is 69.0 cm³/mol. The van der Waals surface area contributed by atoms with Crippen LogP contribution in [0.4, 0.5) is 4.79 Å². The largest absolute Gasteiger partial charge is 0.514 e. The average Bonchev–Trinajstić information content (AvgIpc) is 2.16. The molecule has 3 nitrogen and oxygen atoms in total. The van der Waals surface area contributed by atoms with Gasteiger partial charge in [0.2, 0.25) is 0 Å². The lowest BCUT2D eigenvalue weighted by Crippen LogP contribution is -2.69. The highest BCUT2D eigenvalue weighted by Crippen LogP contribution is 2.37. The van der Waals surface area contributed by atoms with Crippen molar-refractivity contribution in [2.24, 2.45) is 0 Å². The Morgan fingerprint density at radius 3 is 2.50 bits per heavy atom. The number of carbonyl (C=O) groups is 1. The van der Waals surface area contributed by atoms with Crippen molar-refractivity contribution in [1.82, 2.24) is 0 Å². The maximum Gasteiger partial charge on any atom is 0.514 e. The van der Waals surface area contributed by atoms with Crippen LogP contribution in [0.5, 0.6) is 0 Å². The molecule has 1 heterocycles. The Balaban J connectivity index is 3.08. The molecule has 0 bridgehead atoms. The summed E-state index contributed by atoms with van der Waals surface area (Å²) in [6, 6.07) is 0.255. The van der Waals surface area contributed by atoms with E-state index in [1.165, 1.54) is 6.42 Å².